The maximum Gasteiger partial charge on any atom is 0.191 e. The number of amidine groups is 1. The number of nitrogens with zero attached hydrogens (tertiary/aromatic N) is 5. The number of aromatic nitrogens is 1. The van der Waals surface area contributed by atoms with Gasteiger partial charge in [-0.3, -0.25) is 19.7 Å². The molecule has 3 aromatic rings. The smallest absolute Gasteiger partial charge is 0.191 e. The van der Waals surface area contributed by atoms with Crippen LogP contribution >= 0.6 is 12.4 Å². The van der Waals surface area contributed by atoms with Crippen molar-refractivity contribution in [1.82, 2.24) is 14.8 Å². The number of ketones is 1. The molecule has 3 aliphatic rings. The number of aliphatic imine (C=N–C) groups is 1. The van der Waals surface area contributed by atoms with E-state index in [2.05, 4.69) is 73.5 Å². The van der Waals surface area contributed by atoms with Crippen LogP contribution in [-0.2, 0) is 6.54 Å². The average Bonchev–Trinajstić information content (AvgIpc) is 3.41. The predicted molar refractivity (Wildman–Crippen MR) is 146 cm³/mol. The lowest BCUT2D eigenvalue weighted by Crippen LogP contribution is -2.46. The van der Waals surface area contributed by atoms with E-state index in [1.807, 2.05) is 0 Å². The van der Waals surface area contributed by atoms with E-state index in [-0.39, 0.29) is 18.2 Å². The van der Waals surface area contributed by atoms with E-state index >= 15 is 0 Å². The summed E-state index contributed by atoms with van der Waals surface area (Å²) in [4.78, 5) is 28.7. The van der Waals surface area contributed by atoms with Crippen LogP contribution in [0.25, 0.3) is 0 Å². The third-order valence-electron chi connectivity index (χ3n) is 6.84. The Labute approximate surface area is 217 Å². The van der Waals surface area contributed by atoms with Gasteiger partial charge < -0.3 is 15.1 Å². The highest BCUT2D eigenvalue weighted by Crippen LogP contribution is 2.33. The maximum atomic E-state index is 12.9. The minimum absolute atomic E-state index is 0. The molecule has 0 spiro atoms. The van der Waals surface area contributed by atoms with E-state index in [0.29, 0.717) is 5.56 Å². The van der Waals surface area contributed by atoms with Crippen LogP contribution in [0.15, 0.2) is 89.9 Å². The number of halogens is 1. The number of piperazine rings is 1. The summed E-state index contributed by atoms with van der Waals surface area (Å²) < 4.78 is 0. The van der Waals surface area contributed by atoms with E-state index in [1.54, 1.807) is 30.6 Å². The minimum Gasteiger partial charge on any atom is -0.369 e. The second-order valence-corrected chi connectivity index (χ2v) is 9.10. The van der Waals surface area contributed by atoms with E-state index < -0.39 is 0 Å². The molecule has 1 aromatic heterocycles. The monoisotopic (exact) mass is 500 g/mol. The molecule has 0 amide bonds. The molecule has 4 heterocycles. The fraction of sp³-hybridized carbons (Fsp3) is 0.250. The van der Waals surface area contributed by atoms with Crippen LogP contribution in [0.4, 0.5) is 11.4 Å². The number of benzene rings is 2. The molecule has 3 aliphatic heterocycles. The lowest BCUT2D eigenvalue weighted by molar-refractivity contribution is 0.104. The summed E-state index contributed by atoms with van der Waals surface area (Å²) in [6.07, 6.45) is 4.94. The summed E-state index contributed by atoms with van der Waals surface area (Å²) in [6.45, 7) is 6.52. The van der Waals surface area contributed by atoms with Gasteiger partial charge in [-0.25, -0.2) is 0 Å². The number of hydrogen-bond acceptors (Lipinski definition) is 7. The number of anilines is 2. The molecular weight excluding hydrogens is 472 g/mol. The van der Waals surface area contributed by atoms with Crippen molar-refractivity contribution in [3.8, 4) is 0 Å². The van der Waals surface area contributed by atoms with Crippen LogP contribution in [0.1, 0.15) is 21.5 Å². The Hall–Kier alpha value is -3.68. The molecule has 184 valence electrons. The molecule has 0 radical (unpaired) electrons. The fourth-order valence-corrected chi connectivity index (χ4v) is 4.98. The number of pyridine rings is 1. The summed E-state index contributed by atoms with van der Waals surface area (Å²) >= 11 is 0. The van der Waals surface area contributed by atoms with E-state index in [1.165, 1.54) is 11.3 Å². The number of rotatable bonds is 5. The molecule has 2 aromatic carbocycles. The van der Waals surface area contributed by atoms with Gasteiger partial charge >= 0.3 is 0 Å². The van der Waals surface area contributed by atoms with Crippen molar-refractivity contribution in [3.63, 3.8) is 0 Å². The van der Waals surface area contributed by atoms with Gasteiger partial charge in [-0.15, -0.1) is 12.4 Å². The van der Waals surface area contributed by atoms with Gasteiger partial charge in [0.25, 0.3) is 0 Å². The summed E-state index contributed by atoms with van der Waals surface area (Å²) in [5.41, 5.74) is 5.21. The zero-order valence-corrected chi connectivity index (χ0v) is 20.8. The quantitative estimate of drug-likeness (QED) is 0.421. The van der Waals surface area contributed by atoms with Gasteiger partial charge in [0.15, 0.2) is 5.78 Å². The van der Waals surface area contributed by atoms with E-state index in [0.717, 1.165) is 68.7 Å². The van der Waals surface area contributed by atoms with Crippen LogP contribution in [0.2, 0.25) is 0 Å². The number of nitrogens with one attached hydrogen (secondary N) is 1. The van der Waals surface area contributed by atoms with Crippen LogP contribution in [0, 0.1) is 0 Å². The number of carbonyl (C=O) groups is 1. The van der Waals surface area contributed by atoms with Crippen LogP contribution in [-0.4, -0.2) is 65.7 Å². The Kier molecular flexibility index (Phi) is 7.02. The first-order valence-corrected chi connectivity index (χ1v) is 12.2. The summed E-state index contributed by atoms with van der Waals surface area (Å²) in [6, 6.07) is 20.8. The molecule has 0 aliphatic carbocycles. The first-order chi connectivity index (χ1) is 17.2. The van der Waals surface area contributed by atoms with Crippen LogP contribution in [0.3, 0.4) is 0 Å². The number of carbonyl (C=O) groups excluding carboxylic acids is 1. The third kappa shape index (κ3) is 4.85. The van der Waals surface area contributed by atoms with Crippen molar-refractivity contribution >= 4 is 35.4 Å². The van der Waals surface area contributed by atoms with Crippen molar-refractivity contribution in [3.05, 3.63) is 102 Å². The van der Waals surface area contributed by atoms with Gasteiger partial charge in [0.2, 0.25) is 0 Å². The number of hydrogen-bond donors (Lipinski definition) is 1. The SMILES string of the molecule is Cl.O=C(C=C1Nc2cc(N3CCN(Cc4ccccc4)CC3)ccc2C2=NCCN12)c1cccnc1. The largest absolute Gasteiger partial charge is 0.369 e. The molecule has 0 bridgehead atoms. The molecule has 8 heteroatoms. The second kappa shape index (κ2) is 10.5. The van der Waals surface area contributed by atoms with Gasteiger partial charge in [0, 0.05) is 74.6 Å². The maximum absolute atomic E-state index is 12.9. The lowest BCUT2D eigenvalue weighted by atomic mass is 10.1. The highest BCUT2D eigenvalue weighted by Gasteiger charge is 2.30. The van der Waals surface area contributed by atoms with Gasteiger partial charge in [-0.2, -0.15) is 0 Å². The molecule has 6 rings (SSSR count). The lowest BCUT2D eigenvalue weighted by Gasteiger charge is -2.37. The summed E-state index contributed by atoms with van der Waals surface area (Å²) in [5.74, 6) is 1.64. The molecule has 7 nitrogen and oxygen atoms in total. The summed E-state index contributed by atoms with van der Waals surface area (Å²) in [5, 5.41) is 3.52. The number of allylic oxidation sites excluding steroid dienone is 1. The molecule has 1 N–H and O–H groups in total. The van der Waals surface area contributed by atoms with E-state index in [4.69, 9.17) is 4.99 Å². The zero-order chi connectivity index (χ0) is 23.6. The Morgan fingerprint density at radius 3 is 2.58 bits per heavy atom. The molecule has 0 saturated carbocycles. The van der Waals surface area contributed by atoms with Crippen LogP contribution in [0.5, 0.6) is 0 Å². The molecule has 36 heavy (non-hydrogen) atoms. The Morgan fingerprint density at radius 1 is 0.972 bits per heavy atom. The molecule has 1 saturated heterocycles. The van der Waals surface area contributed by atoms with Crippen molar-refractivity contribution in [1.29, 1.82) is 0 Å². The number of fused-ring (bicyclic) bond motifs is 3. The van der Waals surface area contributed by atoms with Crippen molar-refractivity contribution in [2.45, 2.75) is 6.54 Å². The predicted octanol–water partition coefficient (Wildman–Crippen LogP) is 4.04. The zero-order valence-electron chi connectivity index (χ0n) is 20.0. The van der Waals surface area contributed by atoms with Crippen molar-refractivity contribution in [2.24, 2.45) is 4.99 Å². The van der Waals surface area contributed by atoms with Crippen molar-refractivity contribution < 1.29 is 4.79 Å². The van der Waals surface area contributed by atoms with Gasteiger partial charge in [0.1, 0.15) is 11.7 Å². The Bertz CT molecular complexity index is 1290. The second-order valence-electron chi connectivity index (χ2n) is 9.10. The van der Waals surface area contributed by atoms with Gasteiger partial charge in [-0.05, 0) is 35.9 Å². The fourth-order valence-electron chi connectivity index (χ4n) is 4.98. The van der Waals surface area contributed by atoms with E-state index in [9.17, 15) is 4.79 Å². The van der Waals surface area contributed by atoms with Crippen molar-refractivity contribution in [2.75, 3.05) is 49.5 Å². The average molecular weight is 501 g/mol. The summed E-state index contributed by atoms with van der Waals surface area (Å²) in [7, 11) is 0. The topological polar surface area (TPSA) is 64.1 Å². The highest BCUT2D eigenvalue weighted by atomic mass is 35.5. The molecule has 1 fully saturated rings. The minimum atomic E-state index is -0.0685. The molecule has 0 atom stereocenters. The van der Waals surface area contributed by atoms with Crippen LogP contribution < -0.4 is 10.2 Å². The normalized spacial score (nSPS) is 18.1. The third-order valence-corrected chi connectivity index (χ3v) is 6.84. The standard InChI is InChI=1S/C28H28N6O.ClH/c35-26(22-7-4-10-29-19-22)18-27-31-25-17-23(8-9-24(25)28-30-11-12-34(27)28)33-15-13-32(14-16-33)20-21-5-2-1-3-6-21;/h1-10,17-19,31H,11-16,20H2;1H. The molecular formula is C28H29ClN6O. The van der Waals surface area contributed by atoms with Gasteiger partial charge in [0.05, 0.1) is 12.2 Å². The van der Waals surface area contributed by atoms with Gasteiger partial charge in [-0.1, -0.05) is 30.3 Å². The highest BCUT2D eigenvalue weighted by molar-refractivity contribution is 6.10. The Balaban J connectivity index is 0.00000267. The first kappa shape index (κ1) is 24.0. The molecule has 0 unspecified atom stereocenters. The Morgan fingerprint density at radius 2 is 1.81 bits per heavy atom. The first-order valence-electron chi connectivity index (χ1n) is 12.2.